The normalized spacial score (nSPS) is 11.0. The van der Waals surface area contributed by atoms with E-state index in [-0.39, 0.29) is 0 Å². The molecule has 5 heteroatoms. The largest absolute Gasteiger partial charge is 0.497 e. The van der Waals surface area contributed by atoms with Crippen LogP contribution in [0.2, 0.25) is 10.0 Å². The van der Waals surface area contributed by atoms with E-state index < -0.39 is 0 Å². The lowest BCUT2D eigenvalue weighted by Crippen LogP contribution is -2.14. The van der Waals surface area contributed by atoms with Crippen LogP contribution in [-0.4, -0.2) is 31.9 Å². The number of methoxy groups -OCH3 is 1. The Morgan fingerprint density at radius 1 is 1.13 bits per heavy atom. The standard InChI is InChI=1S/C18H20Cl2N2O/c1-4-22(2)12-21-18-11-16(19)14(10-17(18)20)9-13-5-7-15(23-3)8-6-13/h5-8,10-12H,4,9H2,1-3H3. The number of aliphatic imine (C=N–C) groups is 1. The number of ether oxygens (including phenoxy) is 1. The molecule has 0 radical (unpaired) electrons. The van der Waals surface area contributed by atoms with Crippen LogP contribution in [0.25, 0.3) is 0 Å². The van der Waals surface area contributed by atoms with E-state index in [4.69, 9.17) is 27.9 Å². The molecule has 2 aromatic rings. The average Bonchev–Trinajstić information content (AvgIpc) is 2.57. The third-order valence-electron chi connectivity index (χ3n) is 3.56. The maximum Gasteiger partial charge on any atom is 0.118 e. The van der Waals surface area contributed by atoms with Gasteiger partial charge in [0.05, 0.1) is 24.2 Å². The van der Waals surface area contributed by atoms with Crippen molar-refractivity contribution < 1.29 is 4.74 Å². The lowest BCUT2D eigenvalue weighted by molar-refractivity contribution is 0.414. The van der Waals surface area contributed by atoms with Crippen molar-refractivity contribution in [2.75, 3.05) is 20.7 Å². The number of nitrogens with zero attached hydrogens (tertiary/aromatic N) is 2. The topological polar surface area (TPSA) is 24.8 Å². The highest BCUT2D eigenvalue weighted by atomic mass is 35.5. The summed E-state index contributed by atoms with van der Waals surface area (Å²) in [5, 5.41) is 1.26. The monoisotopic (exact) mass is 350 g/mol. The van der Waals surface area contributed by atoms with Crippen molar-refractivity contribution in [3.8, 4) is 5.75 Å². The van der Waals surface area contributed by atoms with Crippen LogP contribution in [0.3, 0.4) is 0 Å². The Morgan fingerprint density at radius 2 is 1.83 bits per heavy atom. The second-order valence-corrected chi connectivity index (χ2v) is 6.05. The molecule has 0 aromatic heterocycles. The Hall–Kier alpha value is -1.71. The minimum absolute atomic E-state index is 0.596. The second kappa shape index (κ2) is 8.23. The zero-order chi connectivity index (χ0) is 16.8. The van der Waals surface area contributed by atoms with E-state index in [1.807, 2.05) is 48.3 Å². The van der Waals surface area contributed by atoms with E-state index in [2.05, 4.69) is 11.9 Å². The first kappa shape index (κ1) is 17.6. The lowest BCUT2D eigenvalue weighted by atomic mass is 10.0. The summed E-state index contributed by atoms with van der Waals surface area (Å²) in [6, 6.07) is 11.6. The molecule has 0 atom stereocenters. The van der Waals surface area contributed by atoms with Crippen LogP contribution in [0.4, 0.5) is 5.69 Å². The minimum Gasteiger partial charge on any atom is -0.497 e. The van der Waals surface area contributed by atoms with Gasteiger partial charge in [-0.05, 0) is 48.7 Å². The summed E-state index contributed by atoms with van der Waals surface area (Å²) in [7, 11) is 3.61. The van der Waals surface area contributed by atoms with Crippen LogP contribution in [0.5, 0.6) is 5.75 Å². The highest BCUT2D eigenvalue weighted by molar-refractivity contribution is 6.35. The second-order valence-electron chi connectivity index (χ2n) is 5.24. The van der Waals surface area contributed by atoms with Gasteiger partial charge in [0.25, 0.3) is 0 Å². The number of hydrogen-bond donors (Lipinski definition) is 0. The van der Waals surface area contributed by atoms with Crippen molar-refractivity contribution in [1.29, 1.82) is 0 Å². The molecule has 0 heterocycles. The van der Waals surface area contributed by atoms with Crippen LogP contribution in [0, 0.1) is 0 Å². The predicted molar refractivity (Wildman–Crippen MR) is 98.7 cm³/mol. The number of halogens is 2. The molecule has 0 aliphatic carbocycles. The summed E-state index contributed by atoms with van der Waals surface area (Å²) in [6.07, 6.45) is 2.46. The van der Waals surface area contributed by atoms with Gasteiger partial charge in [-0.3, -0.25) is 0 Å². The molecule has 122 valence electrons. The van der Waals surface area contributed by atoms with E-state index in [0.717, 1.165) is 23.4 Å². The minimum atomic E-state index is 0.596. The Kier molecular flexibility index (Phi) is 6.31. The smallest absolute Gasteiger partial charge is 0.118 e. The maximum atomic E-state index is 6.39. The molecule has 0 spiro atoms. The van der Waals surface area contributed by atoms with Gasteiger partial charge in [-0.1, -0.05) is 35.3 Å². The third-order valence-corrected chi connectivity index (χ3v) is 4.22. The van der Waals surface area contributed by atoms with Crippen LogP contribution < -0.4 is 4.74 Å². The fraction of sp³-hybridized carbons (Fsp3) is 0.278. The molecule has 0 aliphatic rings. The molecule has 0 saturated carbocycles. The fourth-order valence-electron chi connectivity index (χ4n) is 2.02. The average molecular weight is 351 g/mol. The molecule has 2 aromatic carbocycles. The van der Waals surface area contributed by atoms with Crippen molar-refractivity contribution in [2.45, 2.75) is 13.3 Å². The van der Waals surface area contributed by atoms with Gasteiger partial charge >= 0.3 is 0 Å². The quantitative estimate of drug-likeness (QED) is 0.528. The summed E-state index contributed by atoms with van der Waals surface area (Å²) in [5.74, 6) is 0.836. The van der Waals surface area contributed by atoms with Gasteiger partial charge < -0.3 is 9.64 Å². The van der Waals surface area contributed by atoms with Gasteiger partial charge in [0, 0.05) is 18.6 Å². The number of hydrogen-bond acceptors (Lipinski definition) is 2. The molecule has 0 saturated heterocycles. The molecule has 0 bridgehead atoms. The molecule has 0 fully saturated rings. The molecule has 0 unspecified atom stereocenters. The first-order chi connectivity index (χ1) is 11.0. The van der Waals surface area contributed by atoms with Crippen LogP contribution in [0.15, 0.2) is 41.4 Å². The number of benzene rings is 2. The summed E-state index contributed by atoms with van der Waals surface area (Å²) >= 11 is 12.7. The number of rotatable bonds is 6. The van der Waals surface area contributed by atoms with Gasteiger partial charge in [-0.25, -0.2) is 4.99 Å². The Morgan fingerprint density at radius 3 is 2.43 bits per heavy atom. The maximum absolute atomic E-state index is 6.39. The fourth-order valence-corrected chi connectivity index (χ4v) is 2.48. The summed E-state index contributed by atoms with van der Waals surface area (Å²) in [6.45, 7) is 2.93. The van der Waals surface area contributed by atoms with Gasteiger partial charge in [0.2, 0.25) is 0 Å². The SMILES string of the molecule is CCN(C)C=Nc1cc(Cl)c(Cc2ccc(OC)cc2)cc1Cl. The van der Waals surface area contributed by atoms with Crippen LogP contribution >= 0.6 is 23.2 Å². The van der Waals surface area contributed by atoms with Gasteiger partial charge in [-0.2, -0.15) is 0 Å². The molecule has 0 aliphatic heterocycles. The Balaban J connectivity index is 2.20. The van der Waals surface area contributed by atoms with E-state index in [1.54, 1.807) is 13.4 Å². The van der Waals surface area contributed by atoms with Crippen LogP contribution in [0.1, 0.15) is 18.1 Å². The van der Waals surface area contributed by atoms with Crippen LogP contribution in [-0.2, 0) is 6.42 Å². The van der Waals surface area contributed by atoms with Gasteiger partial charge in [0.15, 0.2) is 0 Å². The van der Waals surface area contributed by atoms with Gasteiger partial charge in [-0.15, -0.1) is 0 Å². The molecule has 23 heavy (non-hydrogen) atoms. The highest BCUT2D eigenvalue weighted by Gasteiger charge is 2.08. The molecule has 0 amide bonds. The third kappa shape index (κ3) is 4.88. The Bertz CT molecular complexity index is 684. The summed E-state index contributed by atoms with van der Waals surface area (Å²) in [5.41, 5.74) is 2.80. The van der Waals surface area contributed by atoms with Crippen molar-refractivity contribution >= 4 is 35.2 Å². The van der Waals surface area contributed by atoms with E-state index in [1.165, 1.54) is 0 Å². The zero-order valence-corrected chi connectivity index (χ0v) is 15.0. The Labute approximate surface area is 147 Å². The first-order valence-corrected chi connectivity index (χ1v) is 8.14. The zero-order valence-electron chi connectivity index (χ0n) is 13.5. The molecule has 2 rings (SSSR count). The molecule has 0 N–H and O–H groups in total. The van der Waals surface area contributed by atoms with Crippen molar-refractivity contribution in [3.63, 3.8) is 0 Å². The summed E-state index contributed by atoms with van der Waals surface area (Å²) in [4.78, 5) is 6.34. The molecular formula is C18H20Cl2N2O. The van der Waals surface area contributed by atoms with Gasteiger partial charge in [0.1, 0.15) is 5.75 Å². The molecular weight excluding hydrogens is 331 g/mol. The highest BCUT2D eigenvalue weighted by Crippen LogP contribution is 2.32. The lowest BCUT2D eigenvalue weighted by Gasteiger charge is -2.10. The van der Waals surface area contributed by atoms with Crippen molar-refractivity contribution in [2.24, 2.45) is 4.99 Å². The first-order valence-electron chi connectivity index (χ1n) is 7.38. The van der Waals surface area contributed by atoms with Crippen molar-refractivity contribution in [3.05, 3.63) is 57.6 Å². The van der Waals surface area contributed by atoms with E-state index in [0.29, 0.717) is 22.2 Å². The molecule has 3 nitrogen and oxygen atoms in total. The van der Waals surface area contributed by atoms with Crippen molar-refractivity contribution in [1.82, 2.24) is 4.90 Å². The predicted octanol–water partition coefficient (Wildman–Crippen LogP) is 5.20. The van der Waals surface area contributed by atoms with E-state index >= 15 is 0 Å². The summed E-state index contributed by atoms with van der Waals surface area (Å²) < 4.78 is 5.17. The van der Waals surface area contributed by atoms with E-state index in [9.17, 15) is 0 Å².